The molecule has 6 heterocycles. The maximum absolute atomic E-state index is 13.1. The van der Waals surface area contributed by atoms with Gasteiger partial charge in [0, 0.05) is 23.6 Å². The number of carboxylic acid groups (broad SMARTS) is 1. The van der Waals surface area contributed by atoms with Crippen molar-refractivity contribution in [3.63, 3.8) is 0 Å². The van der Waals surface area contributed by atoms with Gasteiger partial charge in [0.25, 0.3) is 0 Å². The van der Waals surface area contributed by atoms with Gasteiger partial charge in [-0.3, -0.25) is 4.79 Å². The Hall–Kier alpha value is -8.76. The number of carbonyl (C=O) groups excluding carboxylic acids is 1. The average Bonchev–Trinajstić information content (AvgIpc) is 3.92. The van der Waals surface area contributed by atoms with Crippen molar-refractivity contribution in [1.29, 1.82) is 10.5 Å². The normalized spacial score (nSPS) is 11.2. The predicted molar refractivity (Wildman–Crippen MR) is 224 cm³/mol. The van der Waals surface area contributed by atoms with Crippen molar-refractivity contribution in [2.24, 2.45) is 5.73 Å². The molecule has 0 bridgehead atoms. The highest BCUT2D eigenvalue weighted by atomic mass is 19.4. The standard InChI is InChI=1S/C22H15F3N6O.C19H12F3N5O2.C2H4N2/c23-22(24,25)19-4-1-5-21(30-19)31-17-10-13(6-7-14(17)12-28-31)15-9-16(29-20(27)11-15)18(32)3-2-8-26;20-19(21,22)15-2-1-3-17(26-15)27-14-7-10(4-5-11(14)9-24-27)12-6-13(18(28)29)25-16(23)8-12;3-1-2-4/h1,4-7,9-12H,2-3H2,(H2,27,29);1-9H,(H2,23,25)(H,28,29);1,3H2. The van der Waals surface area contributed by atoms with Gasteiger partial charge in [-0.2, -0.15) is 47.1 Å². The molecule has 6 aromatic heterocycles. The summed E-state index contributed by atoms with van der Waals surface area (Å²) < 4.78 is 80.8. The smallest absolute Gasteiger partial charge is 0.433 e. The third kappa shape index (κ3) is 10.8. The van der Waals surface area contributed by atoms with Crippen LogP contribution in [0.2, 0.25) is 0 Å². The molecule has 0 atom stereocenters. The highest BCUT2D eigenvalue weighted by Crippen LogP contribution is 2.32. The number of rotatable bonds is 8. The second kappa shape index (κ2) is 19.1. The van der Waals surface area contributed by atoms with E-state index < -0.39 is 29.7 Å². The first kappa shape index (κ1) is 45.8. The molecule has 0 saturated heterocycles. The number of halogens is 6. The molecule has 0 amide bonds. The van der Waals surface area contributed by atoms with Crippen LogP contribution in [0.15, 0.2) is 109 Å². The number of fused-ring (bicyclic) bond motifs is 2. The van der Waals surface area contributed by atoms with Gasteiger partial charge in [-0.1, -0.05) is 36.4 Å². The molecule has 65 heavy (non-hydrogen) atoms. The Morgan fingerprint density at radius 2 is 1.06 bits per heavy atom. The molecule has 0 radical (unpaired) electrons. The molecular formula is C43H31F6N13O3. The summed E-state index contributed by atoms with van der Waals surface area (Å²) in [6.07, 6.45) is -6.03. The predicted octanol–water partition coefficient (Wildman–Crippen LogP) is 7.82. The van der Waals surface area contributed by atoms with Crippen molar-refractivity contribution in [2.75, 3.05) is 18.0 Å². The highest BCUT2D eigenvalue weighted by molar-refractivity contribution is 5.96. The van der Waals surface area contributed by atoms with Gasteiger partial charge in [-0.15, -0.1) is 0 Å². The lowest BCUT2D eigenvalue weighted by Crippen LogP contribution is -2.10. The van der Waals surface area contributed by atoms with E-state index in [0.717, 1.165) is 12.1 Å². The van der Waals surface area contributed by atoms with Crippen LogP contribution in [-0.4, -0.2) is 62.9 Å². The number of ketones is 1. The van der Waals surface area contributed by atoms with Crippen molar-refractivity contribution in [1.82, 2.24) is 39.5 Å². The molecule has 22 heteroatoms. The van der Waals surface area contributed by atoms with Crippen molar-refractivity contribution in [3.05, 3.63) is 132 Å². The van der Waals surface area contributed by atoms with Gasteiger partial charge in [0.1, 0.15) is 28.7 Å². The first-order valence-electron chi connectivity index (χ1n) is 18.7. The zero-order valence-corrected chi connectivity index (χ0v) is 33.2. The Bertz CT molecular complexity index is 3150. The number of anilines is 2. The fourth-order valence-electron chi connectivity index (χ4n) is 6.15. The molecule has 16 nitrogen and oxygen atoms in total. The van der Waals surface area contributed by atoms with E-state index in [1.165, 1.54) is 58.2 Å². The molecule has 328 valence electrons. The first-order chi connectivity index (χ1) is 30.9. The molecular weight excluding hydrogens is 861 g/mol. The summed E-state index contributed by atoms with van der Waals surface area (Å²) >= 11 is 0. The zero-order valence-electron chi connectivity index (χ0n) is 33.2. The summed E-state index contributed by atoms with van der Waals surface area (Å²) in [7, 11) is 0. The van der Waals surface area contributed by atoms with Crippen LogP contribution >= 0.6 is 0 Å². The van der Waals surface area contributed by atoms with Crippen LogP contribution in [0.4, 0.5) is 38.0 Å². The quantitative estimate of drug-likeness (QED) is 0.0644. The van der Waals surface area contributed by atoms with Crippen molar-refractivity contribution in [3.8, 4) is 46.0 Å². The van der Waals surface area contributed by atoms with Gasteiger partial charge < -0.3 is 22.3 Å². The van der Waals surface area contributed by atoms with E-state index in [-0.39, 0.29) is 59.8 Å². The van der Waals surface area contributed by atoms with E-state index >= 15 is 0 Å². The molecule has 0 aliphatic carbocycles. The number of carboxylic acids is 1. The summed E-state index contributed by atoms with van der Waals surface area (Å²) in [4.78, 5) is 38.7. The number of hydrogen-bond acceptors (Lipinski definition) is 13. The highest BCUT2D eigenvalue weighted by Gasteiger charge is 2.33. The molecule has 7 N–H and O–H groups in total. The number of hydrogen-bond donors (Lipinski definition) is 4. The fraction of sp³-hybridized carbons (Fsp3) is 0.116. The summed E-state index contributed by atoms with van der Waals surface area (Å²) in [6, 6.07) is 27.2. The lowest BCUT2D eigenvalue weighted by atomic mass is 10.0. The Balaban J connectivity index is 0.000000200. The van der Waals surface area contributed by atoms with Crippen LogP contribution < -0.4 is 17.2 Å². The minimum atomic E-state index is -4.58. The number of aromatic nitrogens is 8. The minimum absolute atomic E-state index is 0.00689. The molecule has 0 saturated carbocycles. The molecule has 0 aliphatic heterocycles. The number of aromatic carboxylic acids is 1. The monoisotopic (exact) mass is 891 g/mol. The van der Waals surface area contributed by atoms with Crippen LogP contribution in [0.25, 0.3) is 55.7 Å². The van der Waals surface area contributed by atoms with Crippen molar-refractivity contribution < 1.29 is 41.0 Å². The number of pyridine rings is 4. The number of nitrogen functional groups attached to an aromatic ring is 2. The first-order valence-corrected chi connectivity index (χ1v) is 18.7. The van der Waals surface area contributed by atoms with Crippen molar-refractivity contribution >= 4 is 45.2 Å². The molecule has 0 fully saturated rings. The Morgan fingerprint density at radius 3 is 1.48 bits per heavy atom. The molecule has 0 unspecified atom stereocenters. The van der Waals surface area contributed by atoms with Gasteiger partial charge in [-0.05, 0) is 82.9 Å². The Kier molecular flexibility index (Phi) is 13.4. The summed E-state index contributed by atoms with van der Waals surface area (Å²) in [6.45, 7) is 0.125. The van der Waals surface area contributed by atoms with Gasteiger partial charge >= 0.3 is 18.3 Å². The third-order valence-corrected chi connectivity index (χ3v) is 9.04. The Labute approximate surface area is 362 Å². The van der Waals surface area contributed by atoms with Gasteiger partial charge in [0.15, 0.2) is 23.1 Å². The minimum Gasteiger partial charge on any atom is -0.477 e. The van der Waals surface area contributed by atoms with Gasteiger partial charge in [0.2, 0.25) is 0 Å². The van der Waals surface area contributed by atoms with Crippen LogP contribution in [-0.2, 0) is 12.4 Å². The molecule has 8 rings (SSSR count). The van der Waals surface area contributed by atoms with E-state index in [9.17, 15) is 41.0 Å². The van der Waals surface area contributed by atoms with Crippen LogP contribution in [0.1, 0.15) is 45.2 Å². The number of benzene rings is 2. The second-order valence-electron chi connectivity index (χ2n) is 13.5. The van der Waals surface area contributed by atoms with Gasteiger partial charge in [-0.25, -0.2) is 34.1 Å². The second-order valence-corrected chi connectivity index (χ2v) is 13.5. The van der Waals surface area contributed by atoms with Crippen molar-refractivity contribution in [2.45, 2.75) is 25.2 Å². The Morgan fingerprint density at radius 1 is 0.615 bits per heavy atom. The molecule has 8 aromatic rings. The maximum Gasteiger partial charge on any atom is 0.433 e. The van der Waals surface area contributed by atoms with Gasteiger partial charge in [0.05, 0.1) is 42.1 Å². The largest absolute Gasteiger partial charge is 0.477 e. The number of Topliss-reactive ketones (excluding diaryl/α,β-unsaturated/α-hetero) is 1. The van der Waals surface area contributed by atoms with E-state index in [1.54, 1.807) is 54.6 Å². The van der Waals surface area contributed by atoms with E-state index in [2.05, 4.69) is 35.9 Å². The summed E-state index contributed by atoms with van der Waals surface area (Å²) in [5.41, 5.74) is 17.5. The summed E-state index contributed by atoms with van der Waals surface area (Å²) in [5.74, 6) is -1.33. The molecule has 0 spiro atoms. The van der Waals surface area contributed by atoms with E-state index in [4.69, 9.17) is 22.0 Å². The number of carbonyl (C=O) groups is 2. The lowest BCUT2D eigenvalue weighted by Gasteiger charge is -2.09. The zero-order chi connectivity index (χ0) is 47.1. The number of nitrogens with two attached hydrogens (primary N) is 3. The maximum atomic E-state index is 13.1. The number of nitriles is 2. The van der Waals surface area contributed by atoms with Crippen LogP contribution in [0, 0.1) is 22.7 Å². The lowest BCUT2D eigenvalue weighted by molar-refractivity contribution is -0.141. The van der Waals surface area contributed by atoms with E-state index in [0.29, 0.717) is 44.1 Å². The fourth-order valence-corrected chi connectivity index (χ4v) is 6.15. The third-order valence-electron chi connectivity index (χ3n) is 9.04. The summed E-state index contributed by atoms with van der Waals surface area (Å²) in [5, 5.41) is 35.1. The van der Waals surface area contributed by atoms with Crippen LogP contribution in [0.3, 0.4) is 0 Å². The van der Waals surface area contributed by atoms with Crippen LogP contribution in [0.5, 0.6) is 0 Å². The number of alkyl halides is 6. The average molecular weight is 892 g/mol. The topological polar surface area (TPSA) is 267 Å². The molecule has 2 aromatic carbocycles. The molecule has 0 aliphatic rings. The van der Waals surface area contributed by atoms with E-state index in [1.807, 2.05) is 6.07 Å². The number of nitrogens with zero attached hydrogens (tertiary/aromatic N) is 10. The SMILES string of the molecule is N#CCCC(=O)c1cc(-c2ccc3cnn(-c4cccc(C(F)(F)F)n4)c3c2)cc(N)n1.N#CCN.Nc1cc(-c2ccc3cnn(-c4cccc(C(F)(F)F)n4)c3c2)cc(C(=O)O)n1.